The summed E-state index contributed by atoms with van der Waals surface area (Å²) in [6.07, 6.45) is 0.343. The first kappa shape index (κ1) is 21.5. The number of nitrogens with zero attached hydrogens (tertiary/aromatic N) is 2. The van der Waals surface area contributed by atoms with Gasteiger partial charge < -0.3 is 15.2 Å². The summed E-state index contributed by atoms with van der Waals surface area (Å²) in [5.41, 5.74) is 1.79. The number of fused-ring (bicyclic) bond motifs is 1. The molecule has 32 heavy (non-hydrogen) atoms. The van der Waals surface area contributed by atoms with Crippen molar-refractivity contribution in [3.63, 3.8) is 0 Å². The molecule has 2 N–H and O–H groups in total. The molecule has 0 spiro atoms. The van der Waals surface area contributed by atoms with E-state index in [-0.39, 0.29) is 23.9 Å². The Morgan fingerprint density at radius 1 is 1.06 bits per heavy atom. The van der Waals surface area contributed by atoms with Crippen LogP contribution in [-0.2, 0) is 17.8 Å². The Labute approximate surface area is 188 Å². The van der Waals surface area contributed by atoms with Crippen LogP contribution < -0.4 is 10.9 Å². The second-order valence-corrected chi connectivity index (χ2v) is 8.34. The summed E-state index contributed by atoms with van der Waals surface area (Å²) in [6.45, 7) is 0.117. The molecular weight excluding hydrogens is 424 g/mol. The predicted octanol–water partition coefficient (Wildman–Crippen LogP) is 2.98. The fourth-order valence-corrected chi connectivity index (χ4v) is 4.17. The van der Waals surface area contributed by atoms with Crippen molar-refractivity contribution in [1.29, 1.82) is 0 Å². The average Bonchev–Trinajstić information content (AvgIpc) is 3.28. The molecule has 2 amide bonds. The summed E-state index contributed by atoms with van der Waals surface area (Å²) < 4.78 is 0.555. The van der Waals surface area contributed by atoms with Crippen molar-refractivity contribution < 1.29 is 9.59 Å². The molecule has 0 fully saturated rings. The summed E-state index contributed by atoms with van der Waals surface area (Å²) in [7, 11) is 1.63. The fraction of sp³-hybridized carbons (Fsp3) is 0.167. The first-order chi connectivity index (χ1) is 15.5. The number of carbonyl (C=O) groups excluding carboxylic acids is 2. The van der Waals surface area contributed by atoms with Crippen LogP contribution in [0.1, 0.15) is 21.7 Å². The molecule has 7 nitrogen and oxygen atoms in total. The van der Waals surface area contributed by atoms with E-state index < -0.39 is 6.04 Å². The second-order valence-electron chi connectivity index (χ2n) is 7.42. The molecule has 0 bridgehead atoms. The summed E-state index contributed by atoms with van der Waals surface area (Å²) in [5.74, 6) is -0.199. The minimum absolute atomic E-state index is 0.117. The number of aromatic nitrogens is 2. The minimum atomic E-state index is -0.772. The topological polar surface area (TPSA) is 95.2 Å². The highest BCUT2D eigenvalue weighted by atomic mass is 32.1. The third kappa shape index (κ3) is 4.92. The first-order valence-electron chi connectivity index (χ1n) is 10.1. The van der Waals surface area contributed by atoms with Crippen LogP contribution >= 0.6 is 11.3 Å². The molecule has 4 aromatic rings. The van der Waals surface area contributed by atoms with Crippen LogP contribution in [-0.4, -0.2) is 39.8 Å². The van der Waals surface area contributed by atoms with Gasteiger partial charge in [0.05, 0.1) is 12.1 Å². The molecule has 4 rings (SSSR count). The SMILES string of the molecule is CN(Cc1nc2ccsc2c(=O)[nH]1)C(=O)C(Cc1ccccc1)NC(=O)c1ccccc1. The third-order valence-corrected chi connectivity index (χ3v) is 5.95. The lowest BCUT2D eigenvalue weighted by Gasteiger charge is -2.24. The standard InChI is InChI=1S/C24H22N4O3S/c1-28(15-20-25-18-12-13-32-21(18)23(30)27-20)24(31)19(14-16-8-4-2-5-9-16)26-22(29)17-10-6-3-7-11-17/h2-13,19H,14-15H2,1H3,(H,26,29)(H,25,27,30). The van der Waals surface area contributed by atoms with Crippen LogP contribution in [0.15, 0.2) is 76.9 Å². The fourth-order valence-electron chi connectivity index (χ4n) is 3.45. The molecular formula is C24H22N4O3S. The Morgan fingerprint density at radius 2 is 1.75 bits per heavy atom. The van der Waals surface area contributed by atoms with Crippen molar-refractivity contribution in [3.05, 3.63) is 99.4 Å². The van der Waals surface area contributed by atoms with Crippen molar-refractivity contribution >= 4 is 33.4 Å². The Kier molecular flexibility index (Phi) is 6.42. The van der Waals surface area contributed by atoms with Crippen LogP contribution in [0, 0.1) is 0 Å². The van der Waals surface area contributed by atoms with Crippen molar-refractivity contribution in [3.8, 4) is 0 Å². The lowest BCUT2D eigenvalue weighted by Crippen LogP contribution is -2.48. The maximum Gasteiger partial charge on any atom is 0.268 e. The lowest BCUT2D eigenvalue weighted by atomic mass is 10.0. The van der Waals surface area contributed by atoms with Crippen molar-refractivity contribution in [1.82, 2.24) is 20.2 Å². The minimum Gasteiger partial charge on any atom is -0.340 e. The van der Waals surface area contributed by atoms with E-state index in [4.69, 9.17) is 0 Å². The molecule has 2 aromatic carbocycles. The van der Waals surface area contributed by atoms with Gasteiger partial charge >= 0.3 is 0 Å². The molecule has 2 heterocycles. The zero-order valence-electron chi connectivity index (χ0n) is 17.4. The zero-order chi connectivity index (χ0) is 22.5. The van der Waals surface area contributed by atoms with E-state index in [9.17, 15) is 14.4 Å². The smallest absolute Gasteiger partial charge is 0.268 e. The van der Waals surface area contributed by atoms with Crippen LogP contribution in [0.2, 0.25) is 0 Å². The Morgan fingerprint density at radius 3 is 2.47 bits per heavy atom. The quantitative estimate of drug-likeness (QED) is 0.456. The van der Waals surface area contributed by atoms with Crippen LogP contribution in [0.25, 0.3) is 10.2 Å². The van der Waals surface area contributed by atoms with E-state index in [1.54, 1.807) is 42.8 Å². The van der Waals surface area contributed by atoms with Crippen LogP contribution in [0.3, 0.4) is 0 Å². The van der Waals surface area contributed by atoms with Crippen molar-refractivity contribution in [2.75, 3.05) is 7.05 Å². The third-order valence-electron chi connectivity index (χ3n) is 5.05. The number of hydrogen-bond acceptors (Lipinski definition) is 5. The first-order valence-corrected chi connectivity index (χ1v) is 11.0. The predicted molar refractivity (Wildman–Crippen MR) is 125 cm³/mol. The summed E-state index contributed by atoms with van der Waals surface area (Å²) in [6, 6.07) is 19.3. The number of rotatable bonds is 7. The average molecular weight is 447 g/mol. The van der Waals surface area contributed by atoms with E-state index in [0.29, 0.717) is 28.0 Å². The molecule has 0 aliphatic heterocycles. The van der Waals surface area contributed by atoms with Gasteiger partial charge in [-0.3, -0.25) is 14.4 Å². The number of benzene rings is 2. The van der Waals surface area contributed by atoms with Gasteiger partial charge in [-0.15, -0.1) is 11.3 Å². The van der Waals surface area contributed by atoms with Gasteiger partial charge in [0.1, 0.15) is 16.6 Å². The number of H-pyrrole nitrogens is 1. The molecule has 1 unspecified atom stereocenters. The van der Waals surface area contributed by atoms with E-state index in [1.807, 2.05) is 36.4 Å². The molecule has 2 aromatic heterocycles. The lowest BCUT2D eigenvalue weighted by molar-refractivity contribution is -0.132. The Hall–Kier alpha value is -3.78. The number of nitrogens with one attached hydrogen (secondary N) is 2. The molecule has 0 radical (unpaired) electrons. The maximum absolute atomic E-state index is 13.3. The second kappa shape index (κ2) is 9.57. The van der Waals surface area contributed by atoms with Gasteiger partial charge in [0.2, 0.25) is 5.91 Å². The molecule has 162 valence electrons. The Balaban J connectivity index is 1.54. The van der Waals surface area contributed by atoms with Crippen LogP contribution in [0.5, 0.6) is 0 Å². The molecule has 0 saturated heterocycles. The van der Waals surface area contributed by atoms with E-state index in [0.717, 1.165) is 5.56 Å². The Bertz CT molecular complexity index is 1280. The van der Waals surface area contributed by atoms with Crippen LogP contribution in [0.4, 0.5) is 0 Å². The highest BCUT2D eigenvalue weighted by Crippen LogP contribution is 2.14. The number of aromatic amines is 1. The highest BCUT2D eigenvalue weighted by molar-refractivity contribution is 7.17. The molecule has 0 aliphatic rings. The largest absolute Gasteiger partial charge is 0.340 e. The molecule has 1 atom stereocenters. The summed E-state index contributed by atoms with van der Waals surface area (Å²) >= 11 is 1.32. The zero-order valence-corrected chi connectivity index (χ0v) is 18.3. The highest BCUT2D eigenvalue weighted by Gasteiger charge is 2.25. The summed E-state index contributed by atoms with van der Waals surface area (Å²) in [5, 5.41) is 4.67. The van der Waals surface area contributed by atoms with Gasteiger partial charge in [0, 0.05) is 19.0 Å². The van der Waals surface area contributed by atoms with Gasteiger partial charge in [-0.1, -0.05) is 48.5 Å². The van der Waals surface area contributed by atoms with Gasteiger partial charge in [-0.25, -0.2) is 4.98 Å². The number of amides is 2. The maximum atomic E-state index is 13.3. The van der Waals surface area contributed by atoms with Gasteiger partial charge in [0.25, 0.3) is 11.5 Å². The normalized spacial score (nSPS) is 11.8. The van der Waals surface area contributed by atoms with E-state index in [1.165, 1.54) is 16.2 Å². The number of hydrogen-bond donors (Lipinski definition) is 2. The monoisotopic (exact) mass is 446 g/mol. The number of carbonyl (C=O) groups is 2. The molecule has 8 heteroatoms. The van der Waals surface area contributed by atoms with Gasteiger partial charge in [0.15, 0.2) is 0 Å². The molecule has 0 saturated carbocycles. The number of likely N-dealkylation sites (N-methyl/N-ethyl adjacent to an activating group) is 1. The van der Waals surface area contributed by atoms with E-state index in [2.05, 4.69) is 15.3 Å². The molecule has 0 aliphatic carbocycles. The van der Waals surface area contributed by atoms with Crippen molar-refractivity contribution in [2.45, 2.75) is 19.0 Å². The van der Waals surface area contributed by atoms with Crippen molar-refractivity contribution in [2.24, 2.45) is 0 Å². The number of thiophene rings is 1. The summed E-state index contributed by atoms with van der Waals surface area (Å²) in [4.78, 5) is 47.0. The van der Waals surface area contributed by atoms with Gasteiger partial charge in [-0.05, 0) is 29.1 Å². The van der Waals surface area contributed by atoms with E-state index >= 15 is 0 Å². The van der Waals surface area contributed by atoms with Gasteiger partial charge in [-0.2, -0.15) is 0 Å².